The zero-order chi connectivity index (χ0) is 23.9. The molecule has 0 unspecified atom stereocenters. The van der Waals surface area contributed by atoms with Gasteiger partial charge in [-0.2, -0.15) is 0 Å². The molecule has 176 valence electrons. The minimum absolute atomic E-state index is 0.00669. The molecule has 2 heterocycles. The number of likely N-dealkylation sites (N-methyl/N-ethyl adjacent to an activating group) is 1. The predicted molar refractivity (Wildman–Crippen MR) is 133 cm³/mol. The van der Waals surface area contributed by atoms with E-state index in [0.717, 1.165) is 16.8 Å². The van der Waals surface area contributed by atoms with Crippen molar-refractivity contribution >= 4 is 35.1 Å². The smallest absolute Gasteiger partial charge is 0.253 e. The number of piperazine rings is 1. The maximum absolute atomic E-state index is 12.9. The first kappa shape index (κ1) is 23.7. The Kier molecular flexibility index (Phi) is 7.72. The van der Waals surface area contributed by atoms with Gasteiger partial charge in [-0.05, 0) is 48.9 Å². The molecule has 3 aromatic rings. The van der Waals surface area contributed by atoms with E-state index in [1.54, 1.807) is 24.5 Å². The normalized spacial score (nSPS) is 14.0. The largest absolute Gasteiger partial charge is 0.355 e. The number of hydrogen-bond acceptors (Lipinski definition) is 6. The summed E-state index contributed by atoms with van der Waals surface area (Å²) < 4.78 is 0. The van der Waals surface area contributed by atoms with Crippen molar-refractivity contribution in [3.63, 3.8) is 0 Å². The SMILES string of the molecule is CCNC(=O)CN1CCN(C(=O)c2ccc(Nc3ncc(-c4ccc(Cl)cc4)cn3)cc2)CC1. The summed E-state index contributed by atoms with van der Waals surface area (Å²) in [5.41, 5.74) is 3.31. The first-order valence-corrected chi connectivity index (χ1v) is 11.6. The van der Waals surface area contributed by atoms with Crippen LogP contribution in [0.4, 0.5) is 11.6 Å². The van der Waals surface area contributed by atoms with Gasteiger partial charge in [0.15, 0.2) is 0 Å². The number of halogens is 1. The lowest BCUT2D eigenvalue weighted by Gasteiger charge is -2.34. The van der Waals surface area contributed by atoms with Crippen molar-refractivity contribution in [1.29, 1.82) is 0 Å². The first-order valence-electron chi connectivity index (χ1n) is 11.2. The molecular formula is C25H27ClN6O2. The van der Waals surface area contributed by atoms with Gasteiger partial charge in [0.25, 0.3) is 5.91 Å². The van der Waals surface area contributed by atoms with Crippen molar-refractivity contribution in [1.82, 2.24) is 25.1 Å². The first-order chi connectivity index (χ1) is 16.5. The third-order valence-corrected chi connectivity index (χ3v) is 5.87. The highest BCUT2D eigenvalue weighted by atomic mass is 35.5. The molecule has 0 bridgehead atoms. The molecule has 0 saturated carbocycles. The van der Waals surface area contributed by atoms with Crippen molar-refractivity contribution in [2.75, 3.05) is 44.6 Å². The highest BCUT2D eigenvalue weighted by Crippen LogP contribution is 2.22. The summed E-state index contributed by atoms with van der Waals surface area (Å²) in [4.78, 5) is 37.3. The molecule has 2 amide bonds. The number of hydrogen-bond donors (Lipinski definition) is 2. The van der Waals surface area contributed by atoms with Gasteiger partial charge in [0.1, 0.15) is 0 Å². The van der Waals surface area contributed by atoms with Crippen LogP contribution in [0.2, 0.25) is 5.02 Å². The number of nitrogens with zero attached hydrogens (tertiary/aromatic N) is 4. The fourth-order valence-corrected chi connectivity index (χ4v) is 3.88. The number of aromatic nitrogens is 2. The Balaban J connectivity index is 1.30. The van der Waals surface area contributed by atoms with Crippen LogP contribution in [0.3, 0.4) is 0 Å². The molecule has 2 N–H and O–H groups in total. The number of carbonyl (C=O) groups excluding carboxylic acids is 2. The van der Waals surface area contributed by atoms with Gasteiger partial charge >= 0.3 is 0 Å². The van der Waals surface area contributed by atoms with E-state index in [0.29, 0.717) is 55.8 Å². The van der Waals surface area contributed by atoms with Crippen LogP contribution >= 0.6 is 11.6 Å². The van der Waals surface area contributed by atoms with Crippen molar-refractivity contribution in [3.8, 4) is 11.1 Å². The lowest BCUT2D eigenvalue weighted by Crippen LogP contribution is -2.51. The van der Waals surface area contributed by atoms with Crippen LogP contribution in [0.15, 0.2) is 60.9 Å². The predicted octanol–water partition coefficient (Wildman–Crippen LogP) is 3.43. The molecule has 1 fully saturated rings. The van der Waals surface area contributed by atoms with Gasteiger partial charge < -0.3 is 15.5 Å². The van der Waals surface area contributed by atoms with E-state index in [4.69, 9.17) is 11.6 Å². The lowest BCUT2D eigenvalue weighted by molar-refractivity contribution is -0.122. The van der Waals surface area contributed by atoms with Gasteiger partial charge in [-0.25, -0.2) is 9.97 Å². The van der Waals surface area contributed by atoms with Gasteiger partial charge in [0.2, 0.25) is 11.9 Å². The van der Waals surface area contributed by atoms with Gasteiger partial charge in [-0.3, -0.25) is 14.5 Å². The summed E-state index contributed by atoms with van der Waals surface area (Å²) in [5.74, 6) is 0.488. The summed E-state index contributed by atoms with van der Waals surface area (Å²) in [6.45, 7) is 5.48. The van der Waals surface area contributed by atoms with Crippen LogP contribution in [0, 0.1) is 0 Å². The summed E-state index contributed by atoms with van der Waals surface area (Å²) in [7, 11) is 0. The molecule has 0 aliphatic carbocycles. The number of amides is 2. The van der Waals surface area contributed by atoms with Crippen LogP contribution in [0.1, 0.15) is 17.3 Å². The van der Waals surface area contributed by atoms with Gasteiger partial charge in [0.05, 0.1) is 6.54 Å². The van der Waals surface area contributed by atoms with Crippen LogP contribution in [0.25, 0.3) is 11.1 Å². The average Bonchev–Trinajstić information content (AvgIpc) is 2.86. The molecule has 9 heteroatoms. The van der Waals surface area contributed by atoms with Crippen molar-refractivity contribution in [2.45, 2.75) is 6.92 Å². The second-order valence-corrected chi connectivity index (χ2v) is 8.46. The maximum Gasteiger partial charge on any atom is 0.253 e. The number of anilines is 2. The molecule has 1 aliphatic rings. The van der Waals surface area contributed by atoms with Crippen LogP contribution in [-0.4, -0.2) is 70.9 Å². The molecule has 1 aromatic heterocycles. The maximum atomic E-state index is 12.9. The Hall–Kier alpha value is -3.49. The minimum atomic E-state index is -0.00669. The summed E-state index contributed by atoms with van der Waals surface area (Å²) >= 11 is 5.94. The molecule has 0 spiro atoms. The Morgan fingerprint density at radius 2 is 1.56 bits per heavy atom. The summed E-state index contributed by atoms with van der Waals surface area (Å²) in [5, 5.41) is 6.65. The second kappa shape index (κ2) is 11.1. The molecule has 4 rings (SSSR count). The van der Waals surface area contributed by atoms with E-state index < -0.39 is 0 Å². The van der Waals surface area contributed by atoms with E-state index in [1.807, 2.05) is 48.2 Å². The minimum Gasteiger partial charge on any atom is -0.355 e. The van der Waals surface area contributed by atoms with Crippen LogP contribution < -0.4 is 10.6 Å². The Labute approximate surface area is 204 Å². The standard InChI is InChI=1S/C25H27ClN6O2/c1-2-27-23(33)17-31-11-13-32(14-12-31)24(34)19-5-9-22(10-6-19)30-25-28-15-20(16-29-25)18-3-7-21(26)8-4-18/h3-10,15-16H,2,11-14,17H2,1H3,(H,27,33)(H,28,29,30). The monoisotopic (exact) mass is 478 g/mol. The Bertz CT molecular complexity index is 1110. The zero-order valence-corrected chi connectivity index (χ0v) is 19.8. The van der Waals surface area contributed by atoms with Crippen molar-refractivity contribution in [3.05, 3.63) is 71.5 Å². The lowest BCUT2D eigenvalue weighted by atomic mass is 10.1. The fraction of sp³-hybridized carbons (Fsp3) is 0.280. The van der Waals surface area contributed by atoms with Gasteiger partial charge in [-0.15, -0.1) is 0 Å². The molecule has 1 saturated heterocycles. The molecule has 0 atom stereocenters. The number of nitrogens with one attached hydrogen (secondary N) is 2. The fourth-order valence-electron chi connectivity index (χ4n) is 3.76. The average molecular weight is 479 g/mol. The number of rotatable bonds is 7. The quantitative estimate of drug-likeness (QED) is 0.540. The molecule has 8 nitrogen and oxygen atoms in total. The van der Waals surface area contributed by atoms with E-state index in [9.17, 15) is 9.59 Å². The van der Waals surface area contributed by atoms with Crippen LogP contribution in [0.5, 0.6) is 0 Å². The summed E-state index contributed by atoms with van der Waals surface area (Å²) in [6, 6.07) is 14.8. The molecule has 2 aromatic carbocycles. The van der Waals surface area contributed by atoms with E-state index >= 15 is 0 Å². The zero-order valence-electron chi connectivity index (χ0n) is 19.0. The van der Waals surface area contributed by atoms with Gasteiger partial charge in [0, 0.05) is 67.0 Å². The van der Waals surface area contributed by atoms with E-state index in [1.165, 1.54) is 0 Å². The third kappa shape index (κ3) is 6.09. The van der Waals surface area contributed by atoms with Crippen LogP contribution in [-0.2, 0) is 4.79 Å². The van der Waals surface area contributed by atoms with Crippen molar-refractivity contribution in [2.24, 2.45) is 0 Å². The Morgan fingerprint density at radius 1 is 0.912 bits per heavy atom. The number of carbonyl (C=O) groups is 2. The van der Waals surface area contributed by atoms with Gasteiger partial charge in [-0.1, -0.05) is 23.7 Å². The number of benzene rings is 2. The topological polar surface area (TPSA) is 90.5 Å². The second-order valence-electron chi connectivity index (χ2n) is 8.03. The van der Waals surface area contributed by atoms with E-state index in [2.05, 4.69) is 25.5 Å². The molecule has 0 radical (unpaired) electrons. The molecule has 34 heavy (non-hydrogen) atoms. The summed E-state index contributed by atoms with van der Waals surface area (Å²) in [6.07, 6.45) is 3.50. The molecular weight excluding hydrogens is 452 g/mol. The Morgan fingerprint density at radius 3 is 2.18 bits per heavy atom. The third-order valence-electron chi connectivity index (χ3n) is 5.62. The highest BCUT2D eigenvalue weighted by Gasteiger charge is 2.23. The van der Waals surface area contributed by atoms with E-state index in [-0.39, 0.29) is 11.8 Å². The highest BCUT2D eigenvalue weighted by molar-refractivity contribution is 6.30. The molecule has 1 aliphatic heterocycles. The van der Waals surface area contributed by atoms with Crippen molar-refractivity contribution < 1.29 is 9.59 Å².